The summed E-state index contributed by atoms with van der Waals surface area (Å²) in [6.45, 7) is 6.37. The van der Waals surface area contributed by atoms with Crippen LogP contribution in [0.25, 0.3) is 0 Å². The van der Waals surface area contributed by atoms with Crippen molar-refractivity contribution in [1.82, 2.24) is 24.7 Å². The summed E-state index contributed by atoms with van der Waals surface area (Å²) in [4.78, 5) is 39.0. The van der Waals surface area contributed by atoms with Crippen molar-refractivity contribution in [2.24, 2.45) is 5.92 Å². The second kappa shape index (κ2) is 7.25. The summed E-state index contributed by atoms with van der Waals surface area (Å²) in [6.07, 6.45) is 4.89. The maximum atomic E-state index is 12.8. The fourth-order valence-corrected chi connectivity index (χ4v) is 3.41. The van der Waals surface area contributed by atoms with Gasteiger partial charge in [-0.15, -0.1) is 0 Å². The van der Waals surface area contributed by atoms with Gasteiger partial charge in [0.05, 0.1) is 5.69 Å². The number of piperazine rings is 1. The van der Waals surface area contributed by atoms with E-state index < -0.39 is 0 Å². The Hall–Kier alpha value is -2.02. The highest BCUT2D eigenvalue weighted by Crippen LogP contribution is 2.21. The molecule has 2 aliphatic heterocycles. The predicted molar refractivity (Wildman–Crippen MR) is 89.5 cm³/mol. The molecule has 7 nitrogen and oxygen atoms in total. The third kappa shape index (κ3) is 3.72. The first-order chi connectivity index (χ1) is 11.5. The van der Waals surface area contributed by atoms with E-state index in [1.807, 2.05) is 9.80 Å². The fourth-order valence-electron chi connectivity index (χ4n) is 3.41. The van der Waals surface area contributed by atoms with E-state index in [1.165, 1.54) is 0 Å². The van der Waals surface area contributed by atoms with Crippen LogP contribution in [-0.2, 0) is 11.2 Å². The third-order valence-electron chi connectivity index (χ3n) is 4.98. The molecule has 2 saturated heterocycles. The number of hydrogen-bond donors (Lipinski definition) is 0. The molecule has 24 heavy (non-hydrogen) atoms. The van der Waals surface area contributed by atoms with Gasteiger partial charge in [-0.3, -0.25) is 14.6 Å². The average molecular weight is 331 g/mol. The first-order valence-corrected chi connectivity index (χ1v) is 8.58. The van der Waals surface area contributed by atoms with Crippen LogP contribution in [0.3, 0.4) is 0 Å². The van der Waals surface area contributed by atoms with E-state index in [4.69, 9.17) is 0 Å². The molecule has 130 valence electrons. The van der Waals surface area contributed by atoms with Gasteiger partial charge in [0.25, 0.3) is 5.91 Å². The zero-order valence-electron chi connectivity index (χ0n) is 14.4. The molecular formula is C17H25N5O2. The van der Waals surface area contributed by atoms with Crippen molar-refractivity contribution < 1.29 is 9.59 Å². The smallest absolute Gasteiger partial charge is 0.274 e. The first kappa shape index (κ1) is 16.8. The zero-order valence-corrected chi connectivity index (χ0v) is 14.4. The van der Waals surface area contributed by atoms with Gasteiger partial charge in [-0.1, -0.05) is 0 Å². The molecule has 2 aliphatic rings. The summed E-state index contributed by atoms with van der Waals surface area (Å²) >= 11 is 0. The van der Waals surface area contributed by atoms with Gasteiger partial charge in [0.2, 0.25) is 5.91 Å². The van der Waals surface area contributed by atoms with E-state index >= 15 is 0 Å². The molecule has 1 unspecified atom stereocenters. The molecule has 3 rings (SSSR count). The lowest BCUT2D eigenvalue weighted by Gasteiger charge is -2.32. The highest BCUT2D eigenvalue weighted by atomic mass is 16.2. The normalized spacial score (nSPS) is 22.0. The molecule has 1 aromatic heterocycles. The topological polar surface area (TPSA) is 69.6 Å². The minimum atomic E-state index is -0.0207. The third-order valence-corrected chi connectivity index (χ3v) is 4.98. The molecule has 3 heterocycles. The molecule has 0 saturated carbocycles. The number of nitrogens with zero attached hydrogens (tertiary/aromatic N) is 5. The number of carbonyl (C=O) groups is 2. The van der Waals surface area contributed by atoms with Crippen LogP contribution in [0.5, 0.6) is 0 Å². The summed E-state index contributed by atoms with van der Waals surface area (Å²) in [5, 5.41) is 0. The molecule has 2 fully saturated rings. The van der Waals surface area contributed by atoms with Crippen LogP contribution in [0.1, 0.15) is 29.5 Å². The lowest BCUT2D eigenvalue weighted by atomic mass is 10.0. The van der Waals surface area contributed by atoms with Crippen LogP contribution in [0.2, 0.25) is 0 Å². The fraction of sp³-hybridized carbons (Fsp3) is 0.647. The Morgan fingerprint density at radius 3 is 2.46 bits per heavy atom. The SMILES string of the molecule is CC(=O)N1CCC(Cc2nccnc2C(=O)N2CCN(C)CC2)C1. The molecular weight excluding hydrogens is 306 g/mol. The zero-order chi connectivity index (χ0) is 17.1. The Balaban J connectivity index is 1.69. The number of amides is 2. The predicted octanol–water partition coefficient (Wildman–Crippen LogP) is 0.275. The molecule has 0 radical (unpaired) electrons. The number of likely N-dealkylation sites (tertiary alicyclic amines) is 1. The van der Waals surface area contributed by atoms with Crippen molar-refractivity contribution in [3.63, 3.8) is 0 Å². The molecule has 2 amide bonds. The Kier molecular flexibility index (Phi) is 5.08. The van der Waals surface area contributed by atoms with Gasteiger partial charge in [0.15, 0.2) is 0 Å². The van der Waals surface area contributed by atoms with Crippen molar-refractivity contribution in [1.29, 1.82) is 0 Å². The molecule has 0 N–H and O–H groups in total. The maximum Gasteiger partial charge on any atom is 0.274 e. The molecule has 0 spiro atoms. The van der Waals surface area contributed by atoms with E-state index in [-0.39, 0.29) is 11.8 Å². The summed E-state index contributed by atoms with van der Waals surface area (Å²) in [7, 11) is 2.07. The van der Waals surface area contributed by atoms with Crippen LogP contribution in [0.4, 0.5) is 0 Å². The highest BCUT2D eigenvalue weighted by Gasteiger charge is 2.28. The Morgan fingerprint density at radius 1 is 1.08 bits per heavy atom. The van der Waals surface area contributed by atoms with E-state index in [0.717, 1.165) is 51.4 Å². The van der Waals surface area contributed by atoms with E-state index in [1.54, 1.807) is 19.3 Å². The van der Waals surface area contributed by atoms with Gasteiger partial charge in [-0.2, -0.15) is 0 Å². The number of aromatic nitrogens is 2. The Bertz CT molecular complexity index is 613. The minimum absolute atomic E-state index is 0.0207. The quantitative estimate of drug-likeness (QED) is 0.795. The van der Waals surface area contributed by atoms with Crippen molar-refractivity contribution in [2.75, 3.05) is 46.3 Å². The number of likely N-dealkylation sites (N-methyl/N-ethyl adjacent to an activating group) is 1. The molecule has 1 aromatic rings. The van der Waals surface area contributed by atoms with E-state index in [2.05, 4.69) is 21.9 Å². The largest absolute Gasteiger partial charge is 0.343 e. The molecule has 7 heteroatoms. The minimum Gasteiger partial charge on any atom is -0.343 e. The van der Waals surface area contributed by atoms with Gasteiger partial charge in [-0.25, -0.2) is 4.98 Å². The summed E-state index contributed by atoms with van der Waals surface area (Å²) in [5.41, 5.74) is 1.24. The Labute approximate surface area is 142 Å². The van der Waals surface area contributed by atoms with Crippen molar-refractivity contribution >= 4 is 11.8 Å². The molecule has 0 bridgehead atoms. The van der Waals surface area contributed by atoms with Crippen molar-refractivity contribution in [3.05, 3.63) is 23.8 Å². The van der Waals surface area contributed by atoms with Crippen LogP contribution in [0.15, 0.2) is 12.4 Å². The van der Waals surface area contributed by atoms with Crippen molar-refractivity contribution in [2.45, 2.75) is 19.8 Å². The molecule has 0 aliphatic carbocycles. The summed E-state index contributed by atoms with van der Waals surface area (Å²) < 4.78 is 0. The molecule has 0 aromatic carbocycles. The van der Waals surface area contributed by atoms with Crippen LogP contribution >= 0.6 is 0 Å². The van der Waals surface area contributed by atoms with Crippen molar-refractivity contribution in [3.8, 4) is 0 Å². The monoisotopic (exact) mass is 331 g/mol. The summed E-state index contributed by atoms with van der Waals surface area (Å²) in [5.74, 6) is 0.447. The number of rotatable bonds is 3. The van der Waals surface area contributed by atoms with Gasteiger partial charge >= 0.3 is 0 Å². The maximum absolute atomic E-state index is 12.8. The van der Waals surface area contributed by atoms with Crippen LogP contribution in [-0.4, -0.2) is 82.8 Å². The Morgan fingerprint density at radius 2 is 1.79 bits per heavy atom. The average Bonchev–Trinajstić information content (AvgIpc) is 3.04. The first-order valence-electron chi connectivity index (χ1n) is 8.58. The number of hydrogen-bond acceptors (Lipinski definition) is 5. The van der Waals surface area contributed by atoms with Gasteiger partial charge in [0.1, 0.15) is 5.69 Å². The van der Waals surface area contributed by atoms with Gasteiger partial charge in [-0.05, 0) is 25.8 Å². The second-order valence-electron chi connectivity index (χ2n) is 6.77. The lowest BCUT2D eigenvalue weighted by molar-refractivity contribution is -0.127. The van der Waals surface area contributed by atoms with Gasteiger partial charge in [0, 0.05) is 58.6 Å². The standard InChI is InChI=1S/C17H25N5O2/c1-13(23)22-6-3-14(12-22)11-15-16(19-5-4-18-15)17(24)21-9-7-20(2)8-10-21/h4-5,14H,3,6-12H2,1-2H3. The van der Waals surface area contributed by atoms with E-state index in [0.29, 0.717) is 18.0 Å². The number of carbonyl (C=O) groups excluding carboxylic acids is 2. The second-order valence-corrected chi connectivity index (χ2v) is 6.77. The highest BCUT2D eigenvalue weighted by molar-refractivity contribution is 5.93. The summed E-state index contributed by atoms with van der Waals surface area (Å²) in [6, 6.07) is 0. The van der Waals surface area contributed by atoms with Crippen LogP contribution in [0, 0.1) is 5.92 Å². The van der Waals surface area contributed by atoms with E-state index in [9.17, 15) is 9.59 Å². The van der Waals surface area contributed by atoms with Gasteiger partial charge < -0.3 is 14.7 Å². The molecule has 1 atom stereocenters. The lowest BCUT2D eigenvalue weighted by Crippen LogP contribution is -2.47. The van der Waals surface area contributed by atoms with Crippen LogP contribution < -0.4 is 0 Å².